The molecule has 0 spiro atoms. The second kappa shape index (κ2) is 4.97. The van der Waals surface area contributed by atoms with Gasteiger partial charge in [-0.15, -0.1) is 0 Å². The first-order valence-corrected chi connectivity index (χ1v) is 8.71. The molecule has 0 saturated heterocycles. The number of imidazole rings is 1. The summed E-state index contributed by atoms with van der Waals surface area (Å²) >= 11 is 0. The number of carbonyl (C=O) groups excluding carboxylic acids is 1. The van der Waals surface area contributed by atoms with Crippen molar-refractivity contribution in [1.82, 2.24) is 20.2 Å². The van der Waals surface area contributed by atoms with Crippen molar-refractivity contribution >= 4 is 22.6 Å². The molecule has 7 heteroatoms. The molecular formula is C19H19N5O2. The molecule has 1 atom stereocenters. The Morgan fingerprint density at radius 3 is 2.73 bits per heavy atom. The summed E-state index contributed by atoms with van der Waals surface area (Å²) in [5.74, 6) is 0.817. The van der Waals surface area contributed by atoms with Gasteiger partial charge in [0.25, 0.3) is 5.56 Å². The summed E-state index contributed by atoms with van der Waals surface area (Å²) in [6, 6.07) is 7.71. The van der Waals surface area contributed by atoms with E-state index in [1.54, 1.807) is 0 Å². The number of ketones is 1. The number of aromatic nitrogens is 4. The molecule has 5 rings (SSSR count). The SMILES string of the molecule is CC1(C)CC(=O)C2=C(C1)Nc1[nH][nH]c(=O)c1C2c1nc2ccccc2[nH]1. The fourth-order valence-corrected chi connectivity index (χ4v) is 4.20. The van der Waals surface area contributed by atoms with Gasteiger partial charge in [-0.2, -0.15) is 0 Å². The summed E-state index contributed by atoms with van der Waals surface area (Å²) in [5.41, 5.74) is 3.40. The summed E-state index contributed by atoms with van der Waals surface area (Å²) in [7, 11) is 0. The van der Waals surface area contributed by atoms with Gasteiger partial charge in [0.1, 0.15) is 11.6 Å². The number of allylic oxidation sites excluding steroid dienone is 2. The van der Waals surface area contributed by atoms with E-state index in [0.717, 1.165) is 23.2 Å². The lowest BCUT2D eigenvalue weighted by molar-refractivity contribution is -0.118. The molecular weight excluding hydrogens is 330 g/mol. The van der Waals surface area contributed by atoms with E-state index in [0.29, 0.717) is 29.2 Å². The second-order valence-electron chi connectivity index (χ2n) is 7.90. The maximum atomic E-state index is 13.0. The number of Topliss-reactive ketones (excluding diaryl/α,β-unsaturated/α-hetero) is 1. The number of nitrogens with zero attached hydrogens (tertiary/aromatic N) is 1. The highest BCUT2D eigenvalue weighted by Crippen LogP contribution is 2.47. The van der Waals surface area contributed by atoms with Gasteiger partial charge in [0, 0.05) is 17.7 Å². The van der Waals surface area contributed by atoms with Crippen molar-refractivity contribution in [2.24, 2.45) is 5.41 Å². The van der Waals surface area contributed by atoms with Crippen molar-refractivity contribution in [3.8, 4) is 0 Å². The Morgan fingerprint density at radius 2 is 1.92 bits per heavy atom. The van der Waals surface area contributed by atoms with Crippen LogP contribution < -0.4 is 10.9 Å². The Kier molecular flexibility index (Phi) is 2.90. The number of para-hydroxylation sites is 2. The lowest BCUT2D eigenvalue weighted by atomic mass is 9.70. The standard InChI is InChI=1S/C19H19N5O2/c1-19(2)7-11-13(12(25)8-19)14(15-17(22-11)23-24-18(15)26)16-20-9-5-3-4-6-10(9)21-16/h3-6,14H,7-8H2,1-2H3,(H,20,21)(H3,22,23,24,26). The highest BCUT2D eigenvalue weighted by Gasteiger charge is 2.43. The number of rotatable bonds is 1. The third-order valence-corrected chi connectivity index (χ3v) is 5.27. The Labute approximate surface area is 148 Å². The van der Waals surface area contributed by atoms with Crippen LogP contribution in [0.2, 0.25) is 0 Å². The topological polar surface area (TPSA) is 106 Å². The number of hydrogen-bond donors (Lipinski definition) is 4. The maximum absolute atomic E-state index is 13.0. The Hall–Kier alpha value is -3.09. The molecule has 0 amide bonds. The first kappa shape index (κ1) is 15.2. The number of hydrogen-bond acceptors (Lipinski definition) is 4. The van der Waals surface area contributed by atoms with Crippen molar-refractivity contribution in [1.29, 1.82) is 0 Å². The van der Waals surface area contributed by atoms with E-state index < -0.39 is 5.92 Å². The van der Waals surface area contributed by atoms with E-state index in [1.165, 1.54) is 0 Å². The minimum Gasteiger partial charge on any atom is -0.343 e. The number of fused-ring (bicyclic) bond motifs is 2. The maximum Gasteiger partial charge on any atom is 0.270 e. The number of H-pyrrole nitrogens is 3. The summed E-state index contributed by atoms with van der Waals surface area (Å²) in [4.78, 5) is 33.5. The van der Waals surface area contributed by atoms with Crippen molar-refractivity contribution in [2.75, 3.05) is 5.32 Å². The minimum absolute atomic E-state index is 0.0699. The van der Waals surface area contributed by atoms with Crippen LogP contribution in [0.15, 0.2) is 40.3 Å². The van der Waals surface area contributed by atoms with Crippen LogP contribution >= 0.6 is 0 Å². The molecule has 0 radical (unpaired) electrons. The van der Waals surface area contributed by atoms with Crippen LogP contribution in [-0.4, -0.2) is 25.9 Å². The first-order valence-electron chi connectivity index (χ1n) is 8.71. The second-order valence-corrected chi connectivity index (χ2v) is 7.90. The number of carbonyl (C=O) groups is 1. The lowest BCUT2D eigenvalue weighted by Gasteiger charge is -2.37. The third-order valence-electron chi connectivity index (χ3n) is 5.27. The number of anilines is 1. The molecule has 1 unspecified atom stereocenters. The van der Waals surface area contributed by atoms with Crippen LogP contribution in [0.1, 0.15) is 44.0 Å². The van der Waals surface area contributed by atoms with Gasteiger partial charge in [-0.25, -0.2) is 4.98 Å². The summed E-state index contributed by atoms with van der Waals surface area (Å²) in [6.07, 6.45) is 1.21. The molecule has 4 N–H and O–H groups in total. The summed E-state index contributed by atoms with van der Waals surface area (Å²) in [6.45, 7) is 4.17. The van der Waals surface area contributed by atoms with Crippen molar-refractivity contribution in [3.05, 3.63) is 57.3 Å². The van der Waals surface area contributed by atoms with Gasteiger partial charge in [0.2, 0.25) is 0 Å². The van der Waals surface area contributed by atoms with E-state index in [2.05, 4.69) is 39.3 Å². The van der Waals surface area contributed by atoms with Crippen LogP contribution in [0.5, 0.6) is 0 Å². The van der Waals surface area contributed by atoms with Gasteiger partial charge < -0.3 is 10.3 Å². The molecule has 3 heterocycles. The zero-order valence-corrected chi connectivity index (χ0v) is 14.6. The van der Waals surface area contributed by atoms with Gasteiger partial charge in [0.15, 0.2) is 5.78 Å². The van der Waals surface area contributed by atoms with Gasteiger partial charge in [-0.1, -0.05) is 26.0 Å². The average molecular weight is 349 g/mol. The molecule has 1 aliphatic heterocycles. The smallest absolute Gasteiger partial charge is 0.270 e. The average Bonchev–Trinajstić information content (AvgIpc) is 3.15. The molecule has 0 saturated carbocycles. The molecule has 2 aromatic heterocycles. The fourth-order valence-electron chi connectivity index (χ4n) is 4.20. The fraction of sp³-hybridized carbons (Fsp3) is 0.316. The van der Waals surface area contributed by atoms with Crippen LogP contribution in [0.4, 0.5) is 5.82 Å². The number of benzene rings is 1. The third kappa shape index (κ3) is 2.09. The molecule has 7 nitrogen and oxygen atoms in total. The molecule has 1 aliphatic carbocycles. The lowest BCUT2D eigenvalue weighted by Crippen LogP contribution is -2.35. The van der Waals surface area contributed by atoms with Crippen molar-refractivity contribution in [3.63, 3.8) is 0 Å². The molecule has 0 fully saturated rings. The minimum atomic E-state index is -0.493. The molecule has 132 valence electrons. The Morgan fingerprint density at radius 1 is 1.12 bits per heavy atom. The highest BCUT2D eigenvalue weighted by atomic mass is 16.1. The zero-order valence-electron chi connectivity index (χ0n) is 14.6. The summed E-state index contributed by atoms with van der Waals surface area (Å²) < 4.78 is 0. The Balaban J connectivity index is 1.77. The monoisotopic (exact) mass is 349 g/mol. The van der Waals surface area contributed by atoms with Gasteiger partial charge in [-0.3, -0.25) is 19.8 Å². The predicted molar refractivity (Wildman–Crippen MR) is 98.0 cm³/mol. The Bertz CT molecular complexity index is 1110. The van der Waals surface area contributed by atoms with Crippen molar-refractivity contribution in [2.45, 2.75) is 32.6 Å². The molecule has 26 heavy (non-hydrogen) atoms. The van der Waals surface area contributed by atoms with Gasteiger partial charge in [-0.05, 0) is 24.0 Å². The quantitative estimate of drug-likeness (QED) is 0.542. The molecule has 3 aromatic rings. The molecule has 1 aromatic carbocycles. The predicted octanol–water partition coefficient (Wildman–Crippen LogP) is 2.78. The highest BCUT2D eigenvalue weighted by molar-refractivity contribution is 6.01. The first-order chi connectivity index (χ1) is 12.4. The van der Waals surface area contributed by atoms with Gasteiger partial charge in [0.05, 0.1) is 22.5 Å². The van der Waals surface area contributed by atoms with Crippen LogP contribution in [0, 0.1) is 5.41 Å². The van der Waals surface area contributed by atoms with E-state index >= 15 is 0 Å². The van der Waals surface area contributed by atoms with E-state index in [9.17, 15) is 9.59 Å². The molecule has 0 bridgehead atoms. The number of nitrogens with one attached hydrogen (secondary N) is 4. The van der Waals surface area contributed by atoms with Gasteiger partial charge >= 0.3 is 0 Å². The van der Waals surface area contributed by atoms with E-state index in [4.69, 9.17) is 0 Å². The zero-order chi connectivity index (χ0) is 18.1. The molecule has 2 aliphatic rings. The van der Waals surface area contributed by atoms with E-state index in [1.807, 2.05) is 24.3 Å². The van der Waals surface area contributed by atoms with Crippen LogP contribution in [0.3, 0.4) is 0 Å². The largest absolute Gasteiger partial charge is 0.343 e. The van der Waals surface area contributed by atoms with Crippen LogP contribution in [0.25, 0.3) is 11.0 Å². The summed E-state index contributed by atoms with van der Waals surface area (Å²) in [5, 5.41) is 8.80. The van der Waals surface area contributed by atoms with E-state index in [-0.39, 0.29) is 16.8 Å². The number of aromatic amines is 3. The van der Waals surface area contributed by atoms with Crippen molar-refractivity contribution < 1.29 is 4.79 Å². The van der Waals surface area contributed by atoms with Crippen LogP contribution in [-0.2, 0) is 4.79 Å². The normalized spacial score (nSPS) is 21.5.